The second-order valence-corrected chi connectivity index (χ2v) is 8.07. The summed E-state index contributed by atoms with van der Waals surface area (Å²) in [7, 11) is 0. The lowest BCUT2D eigenvalue weighted by atomic mass is 10.1. The van der Waals surface area contributed by atoms with Gasteiger partial charge >= 0.3 is 6.03 Å². The van der Waals surface area contributed by atoms with Crippen LogP contribution < -0.4 is 10.6 Å². The lowest BCUT2D eigenvalue weighted by Gasteiger charge is -2.11. The molecule has 6 nitrogen and oxygen atoms in total. The highest BCUT2D eigenvalue weighted by molar-refractivity contribution is 6.01. The number of amides is 2. The lowest BCUT2D eigenvalue weighted by Crippen LogP contribution is -2.19. The van der Waals surface area contributed by atoms with Gasteiger partial charge in [0.25, 0.3) is 0 Å². The SMILES string of the molecule is CC(=O)c1cccc(NC(=O)Nc2ccc(-c3nc(-c4ccccc4)c4ccccc4n3)cc2)c1. The molecule has 0 spiro atoms. The van der Waals surface area contributed by atoms with Crippen LogP contribution in [-0.2, 0) is 0 Å². The van der Waals surface area contributed by atoms with Crippen molar-refractivity contribution in [3.63, 3.8) is 0 Å². The molecule has 0 fully saturated rings. The van der Waals surface area contributed by atoms with Gasteiger partial charge in [0.15, 0.2) is 11.6 Å². The average molecular weight is 459 g/mol. The number of carbonyl (C=O) groups is 2. The van der Waals surface area contributed by atoms with E-state index in [2.05, 4.69) is 10.6 Å². The summed E-state index contributed by atoms with van der Waals surface area (Å²) in [6.07, 6.45) is 0. The number of carbonyl (C=O) groups excluding carboxylic acids is 2. The van der Waals surface area contributed by atoms with Gasteiger partial charge in [-0.05, 0) is 49.4 Å². The topological polar surface area (TPSA) is 84.0 Å². The van der Waals surface area contributed by atoms with Crippen LogP contribution >= 0.6 is 0 Å². The van der Waals surface area contributed by atoms with Crippen molar-refractivity contribution in [2.24, 2.45) is 0 Å². The van der Waals surface area contributed by atoms with Crippen molar-refractivity contribution < 1.29 is 9.59 Å². The molecule has 35 heavy (non-hydrogen) atoms. The Bertz CT molecular complexity index is 1530. The quantitative estimate of drug-likeness (QED) is 0.283. The maximum absolute atomic E-state index is 12.4. The minimum absolute atomic E-state index is 0.0593. The molecule has 0 saturated carbocycles. The van der Waals surface area contributed by atoms with E-state index in [1.165, 1.54) is 6.92 Å². The number of fused-ring (bicyclic) bond motifs is 1. The third-order valence-electron chi connectivity index (χ3n) is 5.58. The molecule has 2 amide bonds. The number of hydrogen-bond acceptors (Lipinski definition) is 4. The fraction of sp³-hybridized carbons (Fsp3) is 0.0345. The molecule has 0 aliphatic carbocycles. The second kappa shape index (κ2) is 9.57. The van der Waals surface area contributed by atoms with E-state index in [1.807, 2.05) is 78.9 Å². The molecule has 0 saturated heterocycles. The summed E-state index contributed by atoms with van der Waals surface area (Å²) in [5, 5.41) is 6.55. The number of urea groups is 1. The third kappa shape index (κ3) is 4.91. The Kier molecular flexibility index (Phi) is 6.01. The van der Waals surface area contributed by atoms with Crippen molar-refractivity contribution in [2.75, 3.05) is 10.6 Å². The minimum Gasteiger partial charge on any atom is -0.308 e. The third-order valence-corrected chi connectivity index (χ3v) is 5.58. The Morgan fingerprint density at radius 3 is 2.14 bits per heavy atom. The van der Waals surface area contributed by atoms with E-state index < -0.39 is 6.03 Å². The standard InChI is InChI=1S/C29H22N4O2/c1-19(34)22-10-7-11-24(18-22)31-29(35)30-23-16-14-21(15-17-23)28-32-26-13-6-5-12-25(26)27(33-28)20-8-3-2-4-9-20/h2-18H,1H3,(H2,30,31,35). The molecular formula is C29H22N4O2. The Balaban J connectivity index is 1.38. The molecular weight excluding hydrogens is 436 g/mol. The molecule has 0 unspecified atom stereocenters. The molecule has 5 aromatic rings. The summed E-state index contributed by atoms with van der Waals surface area (Å²) in [6.45, 7) is 1.49. The summed E-state index contributed by atoms with van der Waals surface area (Å²) in [6, 6.07) is 31.8. The number of nitrogens with zero attached hydrogens (tertiary/aromatic N) is 2. The van der Waals surface area contributed by atoms with Gasteiger partial charge in [-0.25, -0.2) is 14.8 Å². The van der Waals surface area contributed by atoms with Crippen LogP contribution in [0.25, 0.3) is 33.5 Å². The van der Waals surface area contributed by atoms with Crippen LogP contribution in [0.15, 0.2) is 103 Å². The van der Waals surface area contributed by atoms with Crippen LogP contribution in [-0.4, -0.2) is 21.8 Å². The van der Waals surface area contributed by atoms with Crippen molar-refractivity contribution in [1.82, 2.24) is 9.97 Å². The fourth-order valence-electron chi connectivity index (χ4n) is 3.83. The highest BCUT2D eigenvalue weighted by Gasteiger charge is 2.11. The van der Waals surface area contributed by atoms with E-state index in [1.54, 1.807) is 24.3 Å². The largest absolute Gasteiger partial charge is 0.323 e. The fourth-order valence-corrected chi connectivity index (χ4v) is 3.83. The van der Waals surface area contributed by atoms with Gasteiger partial charge in [0.05, 0.1) is 11.2 Å². The first-order valence-electron chi connectivity index (χ1n) is 11.2. The molecule has 5 rings (SSSR count). The van der Waals surface area contributed by atoms with Crippen molar-refractivity contribution in [3.8, 4) is 22.6 Å². The van der Waals surface area contributed by atoms with Crippen LogP contribution in [0.5, 0.6) is 0 Å². The van der Waals surface area contributed by atoms with E-state index in [9.17, 15) is 9.59 Å². The molecule has 0 radical (unpaired) electrons. The van der Waals surface area contributed by atoms with Gasteiger partial charge in [0.2, 0.25) is 0 Å². The zero-order valence-corrected chi connectivity index (χ0v) is 19.0. The normalized spacial score (nSPS) is 10.7. The van der Waals surface area contributed by atoms with Crippen LogP contribution in [0.3, 0.4) is 0 Å². The lowest BCUT2D eigenvalue weighted by molar-refractivity contribution is 0.101. The van der Waals surface area contributed by atoms with E-state index in [0.717, 1.165) is 27.7 Å². The molecule has 0 aliphatic heterocycles. The maximum Gasteiger partial charge on any atom is 0.323 e. The van der Waals surface area contributed by atoms with Gasteiger partial charge in [-0.1, -0.05) is 60.7 Å². The van der Waals surface area contributed by atoms with E-state index >= 15 is 0 Å². The number of ketones is 1. The van der Waals surface area contributed by atoms with Gasteiger partial charge < -0.3 is 10.6 Å². The van der Waals surface area contributed by atoms with Crippen molar-refractivity contribution in [1.29, 1.82) is 0 Å². The van der Waals surface area contributed by atoms with Crippen molar-refractivity contribution >= 4 is 34.1 Å². The first-order chi connectivity index (χ1) is 17.1. The summed E-state index contributed by atoms with van der Waals surface area (Å²) >= 11 is 0. The number of Topliss-reactive ketones (excluding diaryl/α,β-unsaturated/α-hetero) is 1. The number of para-hydroxylation sites is 1. The number of benzene rings is 4. The zero-order valence-electron chi connectivity index (χ0n) is 19.0. The smallest absolute Gasteiger partial charge is 0.308 e. The van der Waals surface area contributed by atoms with Gasteiger partial charge in [-0.3, -0.25) is 4.79 Å². The monoisotopic (exact) mass is 458 g/mol. The number of anilines is 2. The van der Waals surface area contributed by atoms with E-state index in [0.29, 0.717) is 22.8 Å². The van der Waals surface area contributed by atoms with Crippen LogP contribution in [0, 0.1) is 0 Å². The molecule has 0 atom stereocenters. The molecule has 0 bridgehead atoms. The number of hydrogen-bond donors (Lipinski definition) is 2. The molecule has 6 heteroatoms. The summed E-state index contributed by atoms with van der Waals surface area (Å²) in [4.78, 5) is 33.6. The summed E-state index contributed by atoms with van der Waals surface area (Å²) in [5.41, 5.74) is 5.32. The summed E-state index contributed by atoms with van der Waals surface area (Å²) < 4.78 is 0. The molecule has 2 N–H and O–H groups in total. The van der Waals surface area contributed by atoms with Crippen LogP contribution in [0.1, 0.15) is 17.3 Å². The number of nitrogens with one attached hydrogen (secondary N) is 2. The zero-order chi connectivity index (χ0) is 24.2. The van der Waals surface area contributed by atoms with Crippen LogP contribution in [0.4, 0.5) is 16.2 Å². The highest BCUT2D eigenvalue weighted by Crippen LogP contribution is 2.29. The predicted molar refractivity (Wildman–Crippen MR) is 139 cm³/mol. The molecule has 1 aromatic heterocycles. The van der Waals surface area contributed by atoms with Crippen molar-refractivity contribution in [2.45, 2.75) is 6.92 Å². The average Bonchev–Trinajstić information content (AvgIpc) is 2.89. The Hall–Kier alpha value is -4.84. The molecule has 0 aliphatic rings. The highest BCUT2D eigenvalue weighted by atomic mass is 16.2. The molecule has 4 aromatic carbocycles. The van der Waals surface area contributed by atoms with E-state index in [4.69, 9.17) is 9.97 Å². The van der Waals surface area contributed by atoms with E-state index in [-0.39, 0.29) is 5.78 Å². The van der Waals surface area contributed by atoms with Crippen molar-refractivity contribution in [3.05, 3.63) is 109 Å². The number of aromatic nitrogens is 2. The molecule has 170 valence electrons. The Labute approximate surface area is 202 Å². The van der Waals surface area contributed by atoms with Gasteiger partial charge in [0, 0.05) is 33.5 Å². The Morgan fingerprint density at radius 2 is 1.37 bits per heavy atom. The molecule has 1 heterocycles. The second-order valence-electron chi connectivity index (χ2n) is 8.07. The first kappa shape index (κ1) is 22.0. The number of rotatable bonds is 5. The maximum atomic E-state index is 12.4. The Morgan fingerprint density at radius 1 is 0.657 bits per heavy atom. The predicted octanol–water partition coefficient (Wildman–Crippen LogP) is 6.81. The van der Waals surface area contributed by atoms with Gasteiger partial charge in [-0.2, -0.15) is 0 Å². The van der Waals surface area contributed by atoms with Gasteiger partial charge in [-0.15, -0.1) is 0 Å². The van der Waals surface area contributed by atoms with Crippen LogP contribution in [0.2, 0.25) is 0 Å². The first-order valence-corrected chi connectivity index (χ1v) is 11.2. The summed E-state index contributed by atoms with van der Waals surface area (Å²) in [5.74, 6) is 0.551. The minimum atomic E-state index is -0.397. The van der Waals surface area contributed by atoms with Gasteiger partial charge in [0.1, 0.15) is 0 Å².